The predicted molar refractivity (Wildman–Crippen MR) is 157 cm³/mol. The predicted octanol–water partition coefficient (Wildman–Crippen LogP) is 2.86. The van der Waals surface area contributed by atoms with E-state index in [2.05, 4.69) is 35.1 Å². The number of piperidine rings is 2. The van der Waals surface area contributed by atoms with Crippen molar-refractivity contribution >= 4 is 34.4 Å². The van der Waals surface area contributed by atoms with Crippen molar-refractivity contribution in [2.45, 2.75) is 64.1 Å². The minimum atomic E-state index is -0.490. The smallest absolute Gasteiger partial charge is 0.410 e. The maximum Gasteiger partial charge on any atom is 0.410 e. The first kappa shape index (κ1) is 32.3. The lowest BCUT2D eigenvalue weighted by Gasteiger charge is -2.39. The summed E-state index contributed by atoms with van der Waals surface area (Å²) in [6.45, 7) is 9.04. The highest BCUT2D eigenvalue weighted by Crippen LogP contribution is 2.28. The minimum Gasteiger partial charge on any atom is -0.479 e. The fourth-order valence-electron chi connectivity index (χ4n) is 4.65. The van der Waals surface area contributed by atoms with Gasteiger partial charge in [-0.3, -0.25) is 4.79 Å². The molecule has 39 heavy (non-hydrogen) atoms. The third kappa shape index (κ3) is 9.34. The number of rotatable bonds is 5. The van der Waals surface area contributed by atoms with E-state index in [1.807, 2.05) is 27.8 Å². The van der Waals surface area contributed by atoms with Gasteiger partial charge in [0.15, 0.2) is 0 Å². The molecule has 2 atom stereocenters. The monoisotopic (exact) mass is 610 g/mol. The molecule has 218 valence electrons. The van der Waals surface area contributed by atoms with Gasteiger partial charge in [-0.05, 0) is 53.5 Å². The van der Waals surface area contributed by atoms with Crippen molar-refractivity contribution in [2.75, 3.05) is 57.2 Å². The highest BCUT2D eigenvalue weighted by Gasteiger charge is 2.30. The van der Waals surface area contributed by atoms with Crippen LogP contribution in [0, 0.1) is 0 Å². The first-order chi connectivity index (χ1) is 18.1. The summed E-state index contributed by atoms with van der Waals surface area (Å²) in [5, 5.41) is 3.25. The number of likely N-dealkylation sites (N-methyl/N-ethyl adjacent to an activating group) is 2. The molecule has 2 aromatic heterocycles. The Balaban J connectivity index is 0.000000289. The fourth-order valence-corrected chi connectivity index (χ4v) is 4.65. The SMILES string of the molecule is Br.CNC1CCCN(c2cnc[nH]c2=O)C1.COc1ncncc1N1CCCC(N(C)C(=O)OC(C)(C)C)C1. The molecular formula is C26H43BrN8O4. The molecular weight excluding hydrogens is 568 g/mol. The third-order valence-electron chi connectivity index (χ3n) is 6.69. The molecule has 2 saturated heterocycles. The van der Waals surface area contributed by atoms with Gasteiger partial charge in [0.25, 0.3) is 5.56 Å². The standard InChI is InChI=1S/C16H26N4O3.C10H16N4O.BrH/c1-16(2,3)23-15(21)19(4)12-7-6-8-20(10-12)13-9-17-11-18-14(13)22-5;1-11-8-3-2-4-14(6-8)9-5-12-7-13-10(9)15;/h9,11-12H,6-8,10H2,1-5H3;5,7-8,11H,2-4,6H2,1H3,(H,12,13,15);1H. The number of ether oxygens (including phenoxy) is 2. The molecule has 12 nitrogen and oxygen atoms in total. The van der Waals surface area contributed by atoms with Crippen LogP contribution in [0.5, 0.6) is 5.88 Å². The third-order valence-corrected chi connectivity index (χ3v) is 6.69. The van der Waals surface area contributed by atoms with Gasteiger partial charge in [0.1, 0.15) is 23.3 Å². The van der Waals surface area contributed by atoms with E-state index in [1.165, 1.54) is 19.1 Å². The minimum absolute atomic E-state index is 0. The topological polar surface area (TPSA) is 129 Å². The summed E-state index contributed by atoms with van der Waals surface area (Å²) in [5.74, 6) is 0.556. The second kappa shape index (κ2) is 15.0. The zero-order chi connectivity index (χ0) is 27.7. The molecule has 2 unspecified atom stereocenters. The lowest BCUT2D eigenvalue weighted by molar-refractivity contribution is 0.0209. The number of hydrogen-bond donors (Lipinski definition) is 2. The molecule has 2 N–H and O–H groups in total. The van der Waals surface area contributed by atoms with Gasteiger partial charge in [0.05, 0.1) is 31.9 Å². The summed E-state index contributed by atoms with van der Waals surface area (Å²) in [6, 6.07) is 0.557. The first-order valence-electron chi connectivity index (χ1n) is 13.1. The van der Waals surface area contributed by atoms with E-state index in [-0.39, 0.29) is 34.7 Å². The number of H-pyrrole nitrogens is 1. The molecule has 2 aliphatic rings. The Morgan fingerprint density at radius 1 is 1.10 bits per heavy atom. The number of aromatic nitrogens is 4. The number of aromatic amines is 1. The van der Waals surface area contributed by atoms with Crippen molar-refractivity contribution in [3.8, 4) is 5.88 Å². The molecule has 0 spiro atoms. The Hall–Kier alpha value is -2.93. The van der Waals surface area contributed by atoms with Crippen molar-refractivity contribution < 1.29 is 14.3 Å². The van der Waals surface area contributed by atoms with Crippen LogP contribution in [-0.4, -0.2) is 96.0 Å². The number of carbonyl (C=O) groups excluding carboxylic acids is 1. The summed E-state index contributed by atoms with van der Waals surface area (Å²) in [5.41, 5.74) is 0.993. The van der Waals surface area contributed by atoms with Crippen LogP contribution in [0.2, 0.25) is 0 Å². The lowest BCUT2D eigenvalue weighted by atomic mass is 10.0. The molecule has 4 rings (SSSR count). The summed E-state index contributed by atoms with van der Waals surface area (Å²) in [6.07, 6.45) is 10.2. The van der Waals surface area contributed by atoms with Gasteiger partial charge in [0, 0.05) is 39.3 Å². The fraction of sp³-hybridized carbons (Fsp3) is 0.654. The summed E-state index contributed by atoms with van der Waals surface area (Å²) in [7, 11) is 5.35. The van der Waals surface area contributed by atoms with Crippen LogP contribution in [-0.2, 0) is 4.74 Å². The van der Waals surface area contributed by atoms with Gasteiger partial charge in [-0.2, -0.15) is 0 Å². The summed E-state index contributed by atoms with van der Waals surface area (Å²) < 4.78 is 10.8. The van der Waals surface area contributed by atoms with E-state index in [0.717, 1.165) is 44.6 Å². The largest absolute Gasteiger partial charge is 0.479 e. The van der Waals surface area contributed by atoms with Crippen molar-refractivity contribution in [2.24, 2.45) is 0 Å². The van der Waals surface area contributed by atoms with Gasteiger partial charge in [0.2, 0.25) is 5.88 Å². The zero-order valence-electron chi connectivity index (χ0n) is 23.8. The maximum atomic E-state index is 12.3. The molecule has 2 aromatic rings. The van der Waals surface area contributed by atoms with E-state index in [1.54, 1.807) is 31.5 Å². The van der Waals surface area contributed by atoms with Gasteiger partial charge in [-0.1, -0.05) is 0 Å². The number of methoxy groups -OCH3 is 1. The normalized spacial score (nSPS) is 19.2. The van der Waals surface area contributed by atoms with Gasteiger partial charge in [-0.25, -0.2) is 19.7 Å². The highest BCUT2D eigenvalue weighted by molar-refractivity contribution is 8.93. The Labute approximate surface area is 241 Å². The Morgan fingerprint density at radius 3 is 2.41 bits per heavy atom. The van der Waals surface area contributed by atoms with Gasteiger partial charge < -0.3 is 34.5 Å². The highest BCUT2D eigenvalue weighted by atomic mass is 79.9. The van der Waals surface area contributed by atoms with Crippen molar-refractivity contribution in [1.82, 2.24) is 30.2 Å². The molecule has 4 heterocycles. The van der Waals surface area contributed by atoms with Crippen LogP contribution in [0.3, 0.4) is 0 Å². The van der Waals surface area contributed by atoms with Crippen LogP contribution in [0.4, 0.5) is 16.2 Å². The summed E-state index contributed by atoms with van der Waals surface area (Å²) >= 11 is 0. The van der Waals surface area contributed by atoms with Crippen LogP contribution >= 0.6 is 17.0 Å². The zero-order valence-corrected chi connectivity index (χ0v) is 25.6. The van der Waals surface area contributed by atoms with Crippen LogP contribution in [0.25, 0.3) is 0 Å². The Bertz CT molecular complexity index is 1100. The van der Waals surface area contributed by atoms with E-state index in [9.17, 15) is 9.59 Å². The molecule has 0 aliphatic carbocycles. The lowest BCUT2D eigenvalue weighted by Crippen LogP contribution is -2.50. The molecule has 0 saturated carbocycles. The average Bonchev–Trinajstić information content (AvgIpc) is 2.92. The van der Waals surface area contributed by atoms with E-state index in [0.29, 0.717) is 24.2 Å². The molecule has 2 aliphatic heterocycles. The van der Waals surface area contributed by atoms with E-state index < -0.39 is 5.60 Å². The number of nitrogens with one attached hydrogen (secondary N) is 2. The molecule has 1 amide bonds. The second-order valence-electron chi connectivity index (χ2n) is 10.6. The first-order valence-corrected chi connectivity index (χ1v) is 13.1. The average molecular weight is 612 g/mol. The number of amides is 1. The Kier molecular flexibility index (Phi) is 12.4. The van der Waals surface area contributed by atoms with Gasteiger partial charge >= 0.3 is 6.09 Å². The number of hydrogen-bond acceptors (Lipinski definition) is 10. The molecule has 0 aromatic carbocycles. The van der Waals surface area contributed by atoms with E-state index >= 15 is 0 Å². The molecule has 13 heteroatoms. The number of nitrogens with zero attached hydrogens (tertiary/aromatic N) is 6. The second-order valence-corrected chi connectivity index (χ2v) is 10.6. The van der Waals surface area contributed by atoms with Crippen molar-refractivity contribution in [3.63, 3.8) is 0 Å². The van der Waals surface area contributed by atoms with Crippen LogP contribution in [0.1, 0.15) is 46.5 Å². The maximum absolute atomic E-state index is 12.3. The van der Waals surface area contributed by atoms with Crippen molar-refractivity contribution in [3.05, 3.63) is 35.4 Å². The quantitative estimate of drug-likeness (QED) is 0.521. The van der Waals surface area contributed by atoms with E-state index in [4.69, 9.17) is 9.47 Å². The number of anilines is 2. The summed E-state index contributed by atoms with van der Waals surface area (Å²) in [4.78, 5) is 44.5. The molecule has 0 radical (unpaired) electrons. The van der Waals surface area contributed by atoms with Crippen LogP contribution < -0.4 is 25.4 Å². The molecule has 2 fully saturated rings. The number of carbonyl (C=O) groups is 1. The van der Waals surface area contributed by atoms with Crippen LogP contribution in [0.15, 0.2) is 29.8 Å². The van der Waals surface area contributed by atoms with Crippen molar-refractivity contribution in [1.29, 1.82) is 0 Å². The van der Waals surface area contributed by atoms with Gasteiger partial charge in [-0.15, -0.1) is 17.0 Å². The number of halogens is 1. The molecule has 0 bridgehead atoms. The Morgan fingerprint density at radius 2 is 1.77 bits per heavy atom.